The number of esters is 1. The third kappa shape index (κ3) is 5.61. The number of piperidine rings is 2. The second-order valence-electron chi connectivity index (χ2n) is 6.85. The van der Waals surface area contributed by atoms with Gasteiger partial charge >= 0.3 is 5.97 Å². The largest absolute Gasteiger partial charge is 0.465 e. The molecule has 0 unspecified atom stereocenters. The van der Waals surface area contributed by atoms with Gasteiger partial charge < -0.3 is 4.74 Å². The Kier molecular flexibility index (Phi) is 7.56. The maximum atomic E-state index is 11.8. The lowest BCUT2D eigenvalue weighted by molar-refractivity contribution is -0.146. The van der Waals surface area contributed by atoms with Crippen molar-refractivity contribution < 1.29 is 9.53 Å². The lowest BCUT2D eigenvalue weighted by Crippen LogP contribution is -2.49. The van der Waals surface area contributed by atoms with E-state index in [4.69, 9.17) is 4.74 Å². The van der Waals surface area contributed by atoms with E-state index in [1.165, 1.54) is 70.9 Å². The summed E-state index contributed by atoms with van der Waals surface area (Å²) in [5.41, 5.74) is 0. The topological polar surface area (TPSA) is 29.5 Å². The van der Waals surface area contributed by atoms with Gasteiger partial charge in [-0.05, 0) is 45.2 Å². The van der Waals surface area contributed by atoms with Crippen molar-refractivity contribution in [2.24, 2.45) is 5.92 Å². The van der Waals surface area contributed by atoms with Crippen LogP contribution in [0.1, 0.15) is 77.6 Å². The number of rotatable bonds is 8. The van der Waals surface area contributed by atoms with E-state index in [0.717, 1.165) is 6.42 Å². The molecule has 0 aliphatic carbocycles. The van der Waals surface area contributed by atoms with Crippen LogP contribution >= 0.6 is 0 Å². The number of nitrogens with zero attached hydrogens (tertiary/aromatic N) is 1. The first-order valence-corrected chi connectivity index (χ1v) is 9.21. The highest BCUT2D eigenvalue weighted by Crippen LogP contribution is 2.31. The second-order valence-corrected chi connectivity index (χ2v) is 6.85. The van der Waals surface area contributed by atoms with Gasteiger partial charge in [0, 0.05) is 18.4 Å². The van der Waals surface area contributed by atoms with E-state index >= 15 is 0 Å². The SMILES string of the molecule is CCCCCCCC(=O)OC[C@@H]1CCCN2CCCC[C@H]12. The molecule has 2 atom stereocenters. The Morgan fingerprint density at radius 1 is 1.05 bits per heavy atom. The van der Waals surface area contributed by atoms with Crippen LogP contribution in [0.4, 0.5) is 0 Å². The van der Waals surface area contributed by atoms with E-state index in [-0.39, 0.29) is 5.97 Å². The molecule has 0 saturated carbocycles. The molecule has 2 fully saturated rings. The Bertz CT molecular complexity index is 304. The zero-order valence-electron chi connectivity index (χ0n) is 13.8. The minimum Gasteiger partial charge on any atom is -0.465 e. The summed E-state index contributed by atoms with van der Waals surface area (Å²) in [6.07, 6.45) is 13.1. The fourth-order valence-corrected chi connectivity index (χ4v) is 3.92. The highest BCUT2D eigenvalue weighted by molar-refractivity contribution is 5.69. The Morgan fingerprint density at radius 3 is 2.71 bits per heavy atom. The summed E-state index contributed by atoms with van der Waals surface area (Å²) in [4.78, 5) is 14.5. The molecule has 0 amide bonds. The highest BCUT2D eigenvalue weighted by atomic mass is 16.5. The van der Waals surface area contributed by atoms with Crippen LogP contribution in [-0.2, 0) is 9.53 Å². The summed E-state index contributed by atoms with van der Waals surface area (Å²) in [6.45, 7) is 5.39. The first-order chi connectivity index (χ1) is 10.3. The van der Waals surface area contributed by atoms with Crippen LogP contribution in [-0.4, -0.2) is 36.6 Å². The molecular weight excluding hydrogens is 262 g/mol. The monoisotopic (exact) mass is 295 g/mol. The molecule has 3 heteroatoms. The highest BCUT2D eigenvalue weighted by Gasteiger charge is 2.33. The van der Waals surface area contributed by atoms with Crippen molar-refractivity contribution in [3.8, 4) is 0 Å². The molecule has 0 aromatic heterocycles. The summed E-state index contributed by atoms with van der Waals surface area (Å²) in [6, 6.07) is 0.685. The first kappa shape index (κ1) is 16.8. The maximum absolute atomic E-state index is 11.8. The summed E-state index contributed by atoms with van der Waals surface area (Å²) in [7, 11) is 0. The van der Waals surface area contributed by atoms with Crippen LogP contribution in [0.3, 0.4) is 0 Å². The molecule has 122 valence electrons. The molecule has 3 nitrogen and oxygen atoms in total. The van der Waals surface area contributed by atoms with Crippen molar-refractivity contribution in [1.29, 1.82) is 0 Å². The normalized spacial score (nSPS) is 26.3. The smallest absolute Gasteiger partial charge is 0.305 e. The van der Waals surface area contributed by atoms with Crippen molar-refractivity contribution in [1.82, 2.24) is 4.90 Å². The first-order valence-electron chi connectivity index (χ1n) is 9.21. The molecule has 0 N–H and O–H groups in total. The summed E-state index contributed by atoms with van der Waals surface area (Å²) in [5, 5.41) is 0. The number of fused-ring (bicyclic) bond motifs is 1. The predicted molar refractivity (Wildman–Crippen MR) is 86.3 cm³/mol. The van der Waals surface area contributed by atoms with E-state index in [1.807, 2.05) is 0 Å². The van der Waals surface area contributed by atoms with Crippen LogP contribution in [0.2, 0.25) is 0 Å². The molecule has 2 heterocycles. The molecule has 0 bridgehead atoms. The van der Waals surface area contributed by atoms with Crippen molar-refractivity contribution >= 4 is 5.97 Å². The van der Waals surface area contributed by atoms with E-state index in [9.17, 15) is 4.79 Å². The van der Waals surface area contributed by atoms with Crippen LogP contribution in [0, 0.1) is 5.92 Å². The van der Waals surface area contributed by atoms with E-state index in [2.05, 4.69) is 11.8 Å². The Labute approximate surface area is 130 Å². The van der Waals surface area contributed by atoms with Gasteiger partial charge in [0.1, 0.15) is 0 Å². The van der Waals surface area contributed by atoms with Crippen LogP contribution in [0.5, 0.6) is 0 Å². The van der Waals surface area contributed by atoms with Crippen molar-refractivity contribution in [3.05, 3.63) is 0 Å². The minimum atomic E-state index is 0.0273. The number of hydrogen-bond acceptors (Lipinski definition) is 3. The van der Waals surface area contributed by atoms with Gasteiger partial charge in [-0.3, -0.25) is 9.69 Å². The molecule has 21 heavy (non-hydrogen) atoms. The molecule has 2 saturated heterocycles. The number of carbonyl (C=O) groups is 1. The van der Waals surface area contributed by atoms with E-state index < -0.39 is 0 Å². The van der Waals surface area contributed by atoms with Crippen molar-refractivity contribution in [2.75, 3.05) is 19.7 Å². The summed E-state index contributed by atoms with van der Waals surface area (Å²) >= 11 is 0. The molecule has 0 aromatic carbocycles. The zero-order chi connectivity index (χ0) is 14.9. The lowest BCUT2D eigenvalue weighted by Gasteiger charge is -2.44. The second kappa shape index (κ2) is 9.45. The average molecular weight is 295 g/mol. The van der Waals surface area contributed by atoms with E-state index in [1.54, 1.807) is 0 Å². The fraction of sp³-hybridized carbons (Fsp3) is 0.944. The molecule has 2 rings (SSSR count). The molecule has 0 spiro atoms. The number of hydrogen-bond donors (Lipinski definition) is 0. The molecular formula is C18H33NO2. The number of ether oxygens (including phenoxy) is 1. The average Bonchev–Trinajstić information content (AvgIpc) is 2.52. The Balaban J connectivity index is 1.61. The predicted octanol–water partition coefficient (Wildman–Crippen LogP) is 4.15. The number of carbonyl (C=O) groups excluding carboxylic acids is 1. The quantitative estimate of drug-likeness (QED) is 0.497. The maximum Gasteiger partial charge on any atom is 0.305 e. The van der Waals surface area contributed by atoms with Crippen LogP contribution in [0.15, 0.2) is 0 Å². The van der Waals surface area contributed by atoms with Gasteiger partial charge in [-0.2, -0.15) is 0 Å². The molecule has 2 aliphatic rings. The van der Waals surface area contributed by atoms with Gasteiger partial charge in [-0.1, -0.05) is 39.0 Å². The van der Waals surface area contributed by atoms with Gasteiger partial charge in [0.05, 0.1) is 6.61 Å². The Hall–Kier alpha value is -0.570. The van der Waals surface area contributed by atoms with Crippen LogP contribution < -0.4 is 0 Å². The van der Waals surface area contributed by atoms with Crippen LogP contribution in [0.25, 0.3) is 0 Å². The number of unbranched alkanes of at least 4 members (excludes halogenated alkanes) is 4. The zero-order valence-corrected chi connectivity index (χ0v) is 13.8. The van der Waals surface area contributed by atoms with Crippen molar-refractivity contribution in [3.63, 3.8) is 0 Å². The Morgan fingerprint density at radius 2 is 1.86 bits per heavy atom. The summed E-state index contributed by atoms with van der Waals surface area (Å²) < 4.78 is 5.57. The standard InChI is InChI=1S/C18H33NO2/c1-2-3-4-5-6-12-18(20)21-15-16-10-9-14-19-13-8-7-11-17(16)19/h16-17H,2-15H2,1H3/t16-,17+/m0/s1. The lowest BCUT2D eigenvalue weighted by atomic mass is 9.84. The fourth-order valence-electron chi connectivity index (χ4n) is 3.92. The van der Waals surface area contributed by atoms with Gasteiger partial charge in [0.2, 0.25) is 0 Å². The summed E-state index contributed by atoms with van der Waals surface area (Å²) in [5.74, 6) is 0.613. The van der Waals surface area contributed by atoms with Crippen molar-refractivity contribution in [2.45, 2.75) is 83.6 Å². The molecule has 0 aromatic rings. The van der Waals surface area contributed by atoms with Gasteiger partial charge in [0.25, 0.3) is 0 Å². The van der Waals surface area contributed by atoms with E-state index in [0.29, 0.717) is 25.0 Å². The third-order valence-electron chi connectivity index (χ3n) is 5.17. The van der Waals surface area contributed by atoms with Gasteiger partial charge in [-0.15, -0.1) is 0 Å². The molecule has 0 radical (unpaired) electrons. The molecule has 2 aliphatic heterocycles. The van der Waals surface area contributed by atoms with Gasteiger partial charge in [-0.25, -0.2) is 0 Å². The third-order valence-corrected chi connectivity index (χ3v) is 5.17. The van der Waals surface area contributed by atoms with Gasteiger partial charge in [0.15, 0.2) is 0 Å². The minimum absolute atomic E-state index is 0.0273.